The van der Waals surface area contributed by atoms with Gasteiger partial charge in [-0.25, -0.2) is 0 Å². The lowest BCUT2D eigenvalue weighted by atomic mass is 9.81. The van der Waals surface area contributed by atoms with Crippen LogP contribution >= 0.6 is 0 Å². The molecular formula is C10H16O. The van der Waals surface area contributed by atoms with Crippen LogP contribution in [0.15, 0.2) is 24.0 Å². The number of rotatable bonds is 2. The van der Waals surface area contributed by atoms with Gasteiger partial charge in [-0.15, -0.1) is 0 Å². The van der Waals surface area contributed by atoms with Crippen LogP contribution in [0.4, 0.5) is 0 Å². The first kappa shape index (κ1) is 8.38. The smallest absolute Gasteiger partial charge is 0.0963 e. The van der Waals surface area contributed by atoms with Crippen molar-refractivity contribution in [2.45, 2.75) is 26.7 Å². The van der Waals surface area contributed by atoms with E-state index in [2.05, 4.69) is 26.0 Å². The molecule has 1 aliphatic rings. The molecule has 1 rings (SSSR count). The molecule has 0 aromatic heterocycles. The van der Waals surface area contributed by atoms with Crippen LogP contribution in [-0.2, 0) is 4.74 Å². The number of allylic oxidation sites excluding steroid dienone is 4. The summed E-state index contributed by atoms with van der Waals surface area (Å²) in [5, 5.41) is 0. The maximum atomic E-state index is 5.20. The topological polar surface area (TPSA) is 9.23 Å². The van der Waals surface area contributed by atoms with Crippen LogP contribution in [-0.4, -0.2) is 7.11 Å². The van der Waals surface area contributed by atoms with Gasteiger partial charge in [0.15, 0.2) is 0 Å². The molecule has 1 heteroatoms. The fraction of sp³-hybridized carbons (Fsp3) is 0.600. The van der Waals surface area contributed by atoms with Crippen LogP contribution in [0.1, 0.15) is 26.7 Å². The molecule has 0 aromatic carbocycles. The van der Waals surface area contributed by atoms with Crippen LogP contribution < -0.4 is 0 Å². The molecule has 11 heavy (non-hydrogen) atoms. The van der Waals surface area contributed by atoms with Gasteiger partial charge in [-0.1, -0.05) is 26.0 Å². The average molecular weight is 152 g/mol. The second kappa shape index (κ2) is 3.12. The summed E-state index contributed by atoms with van der Waals surface area (Å²) in [4.78, 5) is 0. The molecule has 0 amide bonds. The van der Waals surface area contributed by atoms with Crippen LogP contribution in [0.3, 0.4) is 0 Å². The van der Waals surface area contributed by atoms with E-state index in [0.717, 1.165) is 12.2 Å². The Morgan fingerprint density at radius 1 is 1.64 bits per heavy atom. The lowest BCUT2D eigenvalue weighted by Gasteiger charge is -2.27. The van der Waals surface area contributed by atoms with Crippen molar-refractivity contribution < 1.29 is 4.74 Å². The van der Waals surface area contributed by atoms with E-state index in [4.69, 9.17) is 4.74 Å². The quantitative estimate of drug-likeness (QED) is 0.591. The fourth-order valence-corrected chi connectivity index (χ4v) is 1.29. The molecule has 0 N–H and O–H groups in total. The van der Waals surface area contributed by atoms with Gasteiger partial charge in [0, 0.05) is 6.42 Å². The largest absolute Gasteiger partial charge is 0.501 e. The summed E-state index contributed by atoms with van der Waals surface area (Å²) >= 11 is 0. The van der Waals surface area contributed by atoms with E-state index in [1.165, 1.54) is 6.42 Å². The molecule has 1 aliphatic carbocycles. The summed E-state index contributed by atoms with van der Waals surface area (Å²) in [5.74, 6) is 1.09. The molecule has 62 valence electrons. The number of ether oxygens (including phenoxy) is 1. The molecule has 1 nitrogen and oxygen atoms in total. The highest BCUT2D eigenvalue weighted by molar-refractivity contribution is 5.19. The van der Waals surface area contributed by atoms with E-state index >= 15 is 0 Å². The minimum Gasteiger partial charge on any atom is -0.501 e. The van der Waals surface area contributed by atoms with E-state index in [1.807, 2.05) is 6.08 Å². The van der Waals surface area contributed by atoms with Gasteiger partial charge in [0.2, 0.25) is 0 Å². The van der Waals surface area contributed by atoms with Crippen molar-refractivity contribution in [3.05, 3.63) is 24.0 Å². The van der Waals surface area contributed by atoms with E-state index < -0.39 is 0 Å². The van der Waals surface area contributed by atoms with E-state index in [0.29, 0.717) is 5.41 Å². The Morgan fingerprint density at radius 2 is 2.36 bits per heavy atom. The molecular weight excluding hydrogens is 136 g/mol. The molecule has 0 fully saturated rings. The Hall–Kier alpha value is -0.720. The van der Waals surface area contributed by atoms with Crippen molar-refractivity contribution in [3.8, 4) is 0 Å². The normalized spacial score (nSPS) is 29.9. The van der Waals surface area contributed by atoms with Gasteiger partial charge in [-0.05, 0) is 17.9 Å². The number of methoxy groups -OCH3 is 1. The summed E-state index contributed by atoms with van der Waals surface area (Å²) in [5.41, 5.74) is 0.320. The maximum absolute atomic E-state index is 5.20. The summed E-state index contributed by atoms with van der Waals surface area (Å²) < 4.78 is 5.20. The van der Waals surface area contributed by atoms with Crippen molar-refractivity contribution in [1.29, 1.82) is 0 Å². The average Bonchev–Trinajstić information content (AvgIpc) is 2.05. The summed E-state index contributed by atoms with van der Waals surface area (Å²) in [7, 11) is 1.74. The van der Waals surface area contributed by atoms with Gasteiger partial charge in [-0.3, -0.25) is 0 Å². The minimum absolute atomic E-state index is 0.320. The second-order valence-electron chi connectivity index (χ2n) is 3.38. The third-order valence-electron chi connectivity index (χ3n) is 2.43. The van der Waals surface area contributed by atoms with E-state index in [1.54, 1.807) is 7.11 Å². The third-order valence-corrected chi connectivity index (χ3v) is 2.43. The predicted octanol–water partition coefficient (Wildman–Crippen LogP) is 2.89. The molecule has 0 bridgehead atoms. The van der Waals surface area contributed by atoms with Crippen LogP contribution in [0.25, 0.3) is 0 Å². The van der Waals surface area contributed by atoms with E-state index in [9.17, 15) is 0 Å². The van der Waals surface area contributed by atoms with Crippen LogP contribution in [0.5, 0.6) is 0 Å². The SMILES string of the molecule is CCC1(C)C=CC=C(OC)C1. The second-order valence-corrected chi connectivity index (χ2v) is 3.38. The zero-order chi connectivity index (χ0) is 8.32. The molecule has 1 unspecified atom stereocenters. The first-order chi connectivity index (χ1) is 5.20. The van der Waals surface area contributed by atoms with Crippen molar-refractivity contribution in [1.82, 2.24) is 0 Å². The highest BCUT2D eigenvalue weighted by Gasteiger charge is 2.22. The Balaban J connectivity index is 2.68. The van der Waals surface area contributed by atoms with Crippen LogP contribution in [0.2, 0.25) is 0 Å². The molecule has 0 saturated heterocycles. The Kier molecular flexibility index (Phi) is 2.38. The summed E-state index contributed by atoms with van der Waals surface area (Å²) in [6.45, 7) is 4.47. The van der Waals surface area contributed by atoms with E-state index in [-0.39, 0.29) is 0 Å². The zero-order valence-electron chi connectivity index (χ0n) is 7.55. The molecule has 1 atom stereocenters. The van der Waals surface area contributed by atoms with Crippen molar-refractivity contribution >= 4 is 0 Å². The van der Waals surface area contributed by atoms with Gasteiger partial charge in [0.1, 0.15) is 0 Å². The van der Waals surface area contributed by atoms with Gasteiger partial charge < -0.3 is 4.74 Å². The highest BCUT2D eigenvalue weighted by Crippen LogP contribution is 2.34. The summed E-state index contributed by atoms with van der Waals surface area (Å²) in [6, 6.07) is 0. The lowest BCUT2D eigenvalue weighted by Crippen LogP contribution is -2.15. The Morgan fingerprint density at radius 3 is 2.91 bits per heavy atom. The Bertz CT molecular complexity index is 191. The molecule has 0 radical (unpaired) electrons. The predicted molar refractivity (Wildman–Crippen MR) is 47.2 cm³/mol. The highest BCUT2D eigenvalue weighted by atomic mass is 16.5. The number of hydrogen-bond acceptors (Lipinski definition) is 1. The number of hydrogen-bond donors (Lipinski definition) is 0. The monoisotopic (exact) mass is 152 g/mol. The fourth-order valence-electron chi connectivity index (χ4n) is 1.29. The maximum Gasteiger partial charge on any atom is 0.0963 e. The van der Waals surface area contributed by atoms with Crippen molar-refractivity contribution in [3.63, 3.8) is 0 Å². The lowest BCUT2D eigenvalue weighted by molar-refractivity contribution is 0.235. The summed E-state index contributed by atoms with van der Waals surface area (Å²) in [6.07, 6.45) is 8.60. The zero-order valence-corrected chi connectivity index (χ0v) is 7.55. The molecule has 0 spiro atoms. The molecule has 0 aromatic rings. The van der Waals surface area contributed by atoms with Gasteiger partial charge in [0.05, 0.1) is 12.9 Å². The van der Waals surface area contributed by atoms with Gasteiger partial charge in [0.25, 0.3) is 0 Å². The van der Waals surface area contributed by atoms with Crippen molar-refractivity contribution in [2.75, 3.05) is 7.11 Å². The molecule has 0 aliphatic heterocycles. The van der Waals surface area contributed by atoms with Gasteiger partial charge >= 0.3 is 0 Å². The molecule has 0 heterocycles. The Labute approximate surface area is 68.8 Å². The standard InChI is InChI=1S/C10H16O/c1-4-10(2)7-5-6-9(8-10)11-3/h5-7H,4,8H2,1-3H3. The van der Waals surface area contributed by atoms with Crippen LogP contribution in [0, 0.1) is 5.41 Å². The van der Waals surface area contributed by atoms with Gasteiger partial charge in [-0.2, -0.15) is 0 Å². The third kappa shape index (κ3) is 1.86. The first-order valence-electron chi connectivity index (χ1n) is 4.12. The molecule has 0 saturated carbocycles. The minimum atomic E-state index is 0.320. The first-order valence-corrected chi connectivity index (χ1v) is 4.12. The van der Waals surface area contributed by atoms with Crippen molar-refractivity contribution in [2.24, 2.45) is 5.41 Å².